The van der Waals surface area contributed by atoms with Gasteiger partial charge in [0.1, 0.15) is 17.1 Å². The molecule has 1 fully saturated rings. The number of carbonyl (C=O) groups is 1. The first kappa shape index (κ1) is 19.4. The predicted molar refractivity (Wildman–Crippen MR) is 122 cm³/mol. The number of rotatable bonds is 6. The first-order valence-electron chi connectivity index (χ1n) is 10.5. The summed E-state index contributed by atoms with van der Waals surface area (Å²) in [6.07, 6.45) is 4.29. The largest absolute Gasteiger partial charge is 0.508 e. The van der Waals surface area contributed by atoms with Crippen LogP contribution < -0.4 is 21.3 Å². The van der Waals surface area contributed by atoms with Gasteiger partial charge in [-0.15, -0.1) is 0 Å². The number of hydrogen-bond acceptors (Lipinski definition) is 6. The van der Waals surface area contributed by atoms with Crippen LogP contribution in [0.5, 0.6) is 5.75 Å². The number of aromatic nitrogens is 1. The molecule has 5 N–H and O–H groups in total. The first-order chi connectivity index (χ1) is 15.1. The normalized spacial score (nSPS) is 14.7. The van der Waals surface area contributed by atoms with Crippen LogP contribution in [0.25, 0.3) is 0 Å². The molecule has 1 aliphatic carbocycles. The molecule has 2 heterocycles. The van der Waals surface area contributed by atoms with Crippen molar-refractivity contribution in [1.82, 2.24) is 10.3 Å². The number of aromatic hydroxyl groups is 1. The molecule has 1 amide bonds. The van der Waals surface area contributed by atoms with Gasteiger partial charge in [0.15, 0.2) is 0 Å². The molecule has 0 radical (unpaired) electrons. The molecule has 0 atom stereocenters. The van der Waals surface area contributed by atoms with Crippen molar-refractivity contribution in [2.75, 3.05) is 22.5 Å². The average Bonchev–Trinajstić information content (AvgIpc) is 3.58. The number of anilines is 5. The summed E-state index contributed by atoms with van der Waals surface area (Å²) in [4.78, 5) is 17.6. The lowest BCUT2D eigenvalue weighted by Crippen LogP contribution is -2.16. The summed E-state index contributed by atoms with van der Waals surface area (Å²) in [6, 6.07) is 12.9. The number of fused-ring (bicyclic) bond motifs is 2. The van der Waals surface area contributed by atoms with E-state index >= 15 is 0 Å². The van der Waals surface area contributed by atoms with Crippen LogP contribution in [0.4, 0.5) is 28.6 Å². The second kappa shape index (κ2) is 7.92. The fourth-order valence-corrected chi connectivity index (χ4v) is 3.75. The Morgan fingerprint density at radius 2 is 1.94 bits per heavy atom. The minimum atomic E-state index is -0.238. The van der Waals surface area contributed by atoms with Crippen molar-refractivity contribution in [2.24, 2.45) is 5.92 Å². The van der Waals surface area contributed by atoms with Gasteiger partial charge in [0.2, 0.25) is 0 Å². The second-order valence-electron chi connectivity index (χ2n) is 8.24. The third kappa shape index (κ3) is 4.18. The summed E-state index contributed by atoms with van der Waals surface area (Å²) in [6.45, 7) is 3.75. The van der Waals surface area contributed by atoms with Crippen molar-refractivity contribution in [2.45, 2.75) is 26.3 Å². The predicted octanol–water partition coefficient (Wildman–Crippen LogP) is 4.65. The highest BCUT2D eigenvalue weighted by Gasteiger charge is 2.24. The molecule has 7 heteroatoms. The number of carbonyl (C=O) groups excluding carboxylic acids is 1. The lowest BCUT2D eigenvalue weighted by atomic mass is 10.1. The van der Waals surface area contributed by atoms with Crippen LogP contribution in [-0.2, 0) is 6.54 Å². The molecule has 1 saturated carbocycles. The van der Waals surface area contributed by atoms with Gasteiger partial charge in [-0.2, -0.15) is 0 Å². The highest BCUT2D eigenvalue weighted by molar-refractivity contribution is 6.15. The molecule has 1 aromatic heterocycles. The van der Waals surface area contributed by atoms with Gasteiger partial charge < -0.3 is 26.4 Å². The number of nitrogens with zero attached hydrogens (tertiary/aromatic N) is 1. The molecular formula is C24H25N5O2. The maximum absolute atomic E-state index is 13.2. The lowest BCUT2D eigenvalue weighted by Gasteiger charge is -2.14. The van der Waals surface area contributed by atoms with Crippen LogP contribution in [0.1, 0.15) is 34.3 Å². The lowest BCUT2D eigenvalue weighted by molar-refractivity contribution is 0.102. The summed E-state index contributed by atoms with van der Waals surface area (Å²) >= 11 is 0. The molecule has 2 aromatic carbocycles. The molecule has 0 saturated heterocycles. The number of nitrogens with one attached hydrogen (secondary N) is 4. The standard InChI is InChI=1S/C24H25N5O2/c1-14-2-6-17(30)11-20(14)27-19-8-9-26-23-22(19)24(31)29-21-10-16(5-7-18(21)28-23)13-25-12-15-3-4-15/h2,5-11,15,25,30H,3-4,12-13H2,1H3,(H,29,31)(H2,26,27,28). The maximum atomic E-state index is 13.2. The Morgan fingerprint density at radius 3 is 2.77 bits per heavy atom. The summed E-state index contributed by atoms with van der Waals surface area (Å²) in [5.41, 5.74) is 5.38. The molecule has 7 nitrogen and oxygen atoms in total. The zero-order valence-electron chi connectivity index (χ0n) is 17.3. The molecular weight excluding hydrogens is 390 g/mol. The van der Waals surface area contributed by atoms with E-state index in [4.69, 9.17) is 0 Å². The number of phenolic OH excluding ortho intramolecular Hbond substituents is 1. The first-order valence-corrected chi connectivity index (χ1v) is 10.5. The molecule has 0 bridgehead atoms. The second-order valence-corrected chi connectivity index (χ2v) is 8.24. The van der Waals surface area contributed by atoms with Gasteiger partial charge in [-0.3, -0.25) is 4.79 Å². The summed E-state index contributed by atoms with van der Waals surface area (Å²) in [5.74, 6) is 1.23. The minimum absolute atomic E-state index is 0.158. The monoisotopic (exact) mass is 415 g/mol. The van der Waals surface area contributed by atoms with Gasteiger partial charge >= 0.3 is 0 Å². The zero-order chi connectivity index (χ0) is 21.4. The maximum Gasteiger partial charge on any atom is 0.261 e. The molecule has 0 spiro atoms. The molecule has 3 aromatic rings. The SMILES string of the molecule is Cc1ccc(O)cc1Nc1ccnc2c1C(=O)Nc1cc(CNCC3CC3)ccc1N2. The Hall–Kier alpha value is -3.58. The van der Waals surface area contributed by atoms with E-state index in [2.05, 4.69) is 32.3 Å². The Balaban J connectivity index is 1.41. The van der Waals surface area contributed by atoms with Crippen molar-refractivity contribution in [1.29, 1.82) is 0 Å². The van der Waals surface area contributed by atoms with Crippen LogP contribution in [0.3, 0.4) is 0 Å². The van der Waals surface area contributed by atoms with E-state index < -0.39 is 0 Å². The van der Waals surface area contributed by atoms with Gasteiger partial charge in [0.25, 0.3) is 5.91 Å². The fraction of sp³-hybridized carbons (Fsp3) is 0.250. The molecule has 158 valence electrons. The number of benzene rings is 2. The molecule has 5 rings (SSSR count). The molecule has 0 unspecified atom stereocenters. The zero-order valence-corrected chi connectivity index (χ0v) is 17.3. The van der Waals surface area contributed by atoms with Crippen LogP contribution in [-0.4, -0.2) is 22.5 Å². The third-order valence-corrected chi connectivity index (χ3v) is 5.71. The Labute approximate surface area is 180 Å². The van der Waals surface area contributed by atoms with E-state index in [-0.39, 0.29) is 11.7 Å². The number of hydrogen-bond donors (Lipinski definition) is 5. The minimum Gasteiger partial charge on any atom is -0.508 e. The fourth-order valence-electron chi connectivity index (χ4n) is 3.75. The number of amides is 1. The van der Waals surface area contributed by atoms with E-state index in [1.54, 1.807) is 24.4 Å². The Kier molecular flexibility index (Phi) is 4.95. The van der Waals surface area contributed by atoms with Crippen molar-refractivity contribution < 1.29 is 9.90 Å². The quantitative estimate of drug-likeness (QED) is 0.402. The van der Waals surface area contributed by atoms with E-state index in [1.165, 1.54) is 12.8 Å². The van der Waals surface area contributed by atoms with Gasteiger partial charge in [-0.05, 0) is 67.6 Å². The molecule has 2 aliphatic rings. The van der Waals surface area contributed by atoms with Crippen molar-refractivity contribution >= 4 is 34.5 Å². The van der Waals surface area contributed by atoms with Gasteiger partial charge in [0.05, 0.1) is 17.1 Å². The number of aryl methyl sites for hydroxylation is 1. The Morgan fingerprint density at radius 1 is 1.06 bits per heavy atom. The van der Waals surface area contributed by atoms with Gasteiger partial charge in [0, 0.05) is 24.5 Å². The highest BCUT2D eigenvalue weighted by Crippen LogP contribution is 2.36. The smallest absolute Gasteiger partial charge is 0.261 e. The van der Waals surface area contributed by atoms with Crippen LogP contribution in [0.15, 0.2) is 48.7 Å². The average molecular weight is 415 g/mol. The van der Waals surface area contributed by atoms with Crippen molar-refractivity contribution in [3.63, 3.8) is 0 Å². The van der Waals surface area contributed by atoms with Gasteiger partial charge in [-0.1, -0.05) is 12.1 Å². The Bertz CT molecular complexity index is 1160. The summed E-state index contributed by atoms with van der Waals surface area (Å²) in [7, 11) is 0. The van der Waals surface area contributed by atoms with Crippen LogP contribution in [0.2, 0.25) is 0 Å². The van der Waals surface area contributed by atoms with E-state index in [9.17, 15) is 9.90 Å². The molecule has 1 aliphatic heterocycles. The van der Waals surface area contributed by atoms with E-state index in [0.29, 0.717) is 17.1 Å². The number of pyridine rings is 1. The summed E-state index contributed by atoms with van der Waals surface area (Å²) in [5, 5.41) is 22.9. The van der Waals surface area contributed by atoms with Crippen molar-refractivity contribution in [3.05, 3.63) is 65.4 Å². The van der Waals surface area contributed by atoms with Crippen molar-refractivity contribution in [3.8, 4) is 5.75 Å². The topological polar surface area (TPSA) is 98.3 Å². The number of phenols is 1. The van der Waals surface area contributed by atoms with Crippen LogP contribution >= 0.6 is 0 Å². The van der Waals surface area contributed by atoms with E-state index in [0.717, 1.165) is 47.2 Å². The molecule has 31 heavy (non-hydrogen) atoms. The highest BCUT2D eigenvalue weighted by atomic mass is 16.3. The third-order valence-electron chi connectivity index (χ3n) is 5.71. The van der Waals surface area contributed by atoms with Crippen LogP contribution in [0, 0.1) is 12.8 Å². The van der Waals surface area contributed by atoms with Gasteiger partial charge in [-0.25, -0.2) is 4.98 Å². The van der Waals surface area contributed by atoms with E-state index in [1.807, 2.05) is 25.1 Å². The summed E-state index contributed by atoms with van der Waals surface area (Å²) < 4.78 is 0.